The van der Waals surface area contributed by atoms with Crippen molar-refractivity contribution >= 4 is 0 Å². The summed E-state index contributed by atoms with van der Waals surface area (Å²) in [7, 11) is 0. The second kappa shape index (κ2) is 7.41. The number of nitrogens with one attached hydrogen (secondary N) is 1. The van der Waals surface area contributed by atoms with Crippen LogP contribution in [-0.2, 0) is 6.54 Å². The summed E-state index contributed by atoms with van der Waals surface area (Å²) in [5.74, 6) is 0. The highest BCUT2D eigenvalue weighted by Gasteiger charge is 2.04. The van der Waals surface area contributed by atoms with Crippen LogP contribution >= 0.6 is 0 Å². The summed E-state index contributed by atoms with van der Waals surface area (Å²) in [6, 6.07) is 4.82. The largest absolute Gasteiger partial charge is 0.310 e. The standard InChI is InChI=1S/C13H22N2/c1-3-5-13(6-4-2)15-11-12-7-9-14-10-8-12/h7-10,13,15H,3-6,11H2,1-2H3. The molecule has 0 aliphatic heterocycles. The lowest BCUT2D eigenvalue weighted by molar-refractivity contribution is 0.443. The number of aromatic nitrogens is 1. The molecule has 0 saturated heterocycles. The first-order chi connectivity index (χ1) is 7.36. The van der Waals surface area contributed by atoms with Crippen LogP contribution in [0, 0.1) is 0 Å². The summed E-state index contributed by atoms with van der Waals surface area (Å²) in [5.41, 5.74) is 1.32. The Labute approximate surface area is 93.1 Å². The molecule has 2 heteroatoms. The third kappa shape index (κ3) is 4.93. The van der Waals surface area contributed by atoms with Crippen molar-refractivity contribution in [3.8, 4) is 0 Å². The summed E-state index contributed by atoms with van der Waals surface area (Å²) in [5, 5.41) is 3.61. The molecule has 0 aromatic carbocycles. The van der Waals surface area contributed by atoms with Gasteiger partial charge in [-0.2, -0.15) is 0 Å². The van der Waals surface area contributed by atoms with Gasteiger partial charge in [0.1, 0.15) is 0 Å². The van der Waals surface area contributed by atoms with Gasteiger partial charge in [-0.15, -0.1) is 0 Å². The van der Waals surface area contributed by atoms with Crippen molar-refractivity contribution in [3.05, 3.63) is 30.1 Å². The third-order valence-corrected chi connectivity index (χ3v) is 2.62. The van der Waals surface area contributed by atoms with Crippen LogP contribution in [0.25, 0.3) is 0 Å². The van der Waals surface area contributed by atoms with Crippen LogP contribution in [-0.4, -0.2) is 11.0 Å². The smallest absolute Gasteiger partial charge is 0.0271 e. The van der Waals surface area contributed by atoms with Gasteiger partial charge >= 0.3 is 0 Å². The van der Waals surface area contributed by atoms with E-state index in [2.05, 4.69) is 36.3 Å². The molecule has 0 atom stereocenters. The molecule has 2 nitrogen and oxygen atoms in total. The highest BCUT2D eigenvalue weighted by molar-refractivity contribution is 5.09. The Morgan fingerprint density at radius 1 is 1.13 bits per heavy atom. The second-order valence-electron chi connectivity index (χ2n) is 4.01. The number of hydrogen-bond donors (Lipinski definition) is 1. The summed E-state index contributed by atoms with van der Waals surface area (Å²) in [6.07, 6.45) is 8.77. The van der Waals surface area contributed by atoms with E-state index < -0.39 is 0 Å². The van der Waals surface area contributed by atoms with Crippen molar-refractivity contribution in [2.45, 2.75) is 52.1 Å². The van der Waals surface area contributed by atoms with E-state index in [1.54, 1.807) is 0 Å². The Bertz CT molecular complexity index is 240. The maximum Gasteiger partial charge on any atom is 0.0271 e. The maximum absolute atomic E-state index is 4.02. The van der Waals surface area contributed by atoms with E-state index in [1.807, 2.05) is 12.4 Å². The van der Waals surface area contributed by atoms with Crippen LogP contribution < -0.4 is 5.32 Å². The van der Waals surface area contributed by atoms with Gasteiger partial charge in [-0.25, -0.2) is 0 Å². The SMILES string of the molecule is CCCC(CCC)NCc1ccncc1. The van der Waals surface area contributed by atoms with E-state index in [4.69, 9.17) is 0 Å². The molecule has 0 aliphatic rings. The van der Waals surface area contributed by atoms with Crippen molar-refractivity contribution in [3.63, 3.8) is 0 Å². The Morgan fingerprint density at radius 3 is 2.27 bits per heavy atom. The minimum absolute atomic E-state index is 0.674. The zero-order valence-corrected chi connectivity index (χ0v) is 9.87. The second-order valence-corrected chi connectivity index (χ2v) is 4.01. The van der Waals surface area contributed by atoms with E-state index >= 15 is 0 Å². The Morgan fingerprint density at radius 2 is 1.73 bits per heavy atom. The van der Waals surface area contributed by atoms with Crippen molar-refractivity contribution < 1.29 is 0 Å². The Balaban J connectivity index is 2.33. The van der Waals surface area contributed by atoms with Crippen LogP contribution in [0.4, 0.5) is 0 Å². The van der Waals surface area contributed by atoms with Gasteiger partial charge in [0.2, 0.25) is 0 Å². The van der Waals surface area contributed by atoms with Crippen LogP contribution in [0.3, 0.4) is 0 Å². The topological polar surface area (TPSA) is 24.9 Å². The molecule has 84 valence electrons. The summed E-state index contributed by atoms with van der Waals surface area (Å²) < 4.78 is 0. The lowest BCUT2D eigenvalue weighted by Crippen LogP contribution is -2.28. The predicted octanol–water partition coefficient (Wildman–Crippen LogP) is 3.14. The molecule has 0 amide bonds. The van der Waals surface area contributed by atoms with Gasteiger partial charge in [-0.3, -0.25) is 4.98 Å². The van der Waals surface area contributed by atoms with Crippen LogP contribution in [0.1, 0.15) is 45.1 Å². The van der Waals surface area contributed by atoms with Gasteiger partial charge < -0.3 is 5.32 Å². The van der Waals surface area contributed by atoms with E-state index in [9.17, 15) is 0 Å². The maximum atomic E-state index is 4.02. The number of nitrogens with zero attached hydrogens (tertiary/aromatic N) is 1. The third-order valence-electron chi connectivity index (χ3n) is 2.62. The summed E-state index contributed by atoms with van der Waals surface area (Å²) in [4.78, 5) is 4.02. The van der Waals surface area contributed by atoms with Gasteiger partial charge in [-0.1, -0.05) is 26.7 Å². The first kappa shape index (κ1) is 12.2. The van der Waals surface area contributed by atoms with E-state index in [1.165, 1.54) is 31.2 Å². The highest BCUT2D eigenvalue weighted by atomic mass is 14.9. The van der Waals surface area contributed by atoms with Crippen molar-refractivity contribution in [1.29, 1.82) is 0 Å². The first-order valence-corrected chi connectivity index (χ1v) is 5.99. The molecule has 1 aromatic rings. The van der Waals surface area contributed by atoms with Crippen LogP contribution in [0.5, 0.6) is 0 Å². The molecule has 0 bridgehead atoms. The highest BCUT2D eigenvalue weighted by Crippen LogP contribution is 2.06. The average molecular weight is 206 g/mol. The van der Waals surface area contributed by atoms with Crippen molar-refractivity contribution in [2.24, 2.45) is 0 Å². The molecule has 0 aliphatic carbocycles. The van der Waals surface area contributed by atoms with Gasteiger partial charge in [0, 0.05) is 25.0 Å². The van der Waals surface area contributed by atoms with Crippen LogP contribution in [0.15, 0.2) is 24.5 Å². The fraction of sp³-hybridized carbons (Fsp3) is 0.615. The van der Waals surface area contributed by atoms with Gasteiger partial charge in [0.25, 0.3) is 0 Å². The van der Waals surface area contributed by atoms with Gasteiger partial charge in [-0.05, 0) is 30.5 Å². The van der Waals surface area contributed by atoms with Gasteiger partial charge in [0.15, 0.2) is 0 Å². The minimum Gasteiger partial charge on any atom is -0.310 e. The molecule has 0 unspecified atom stereocenters. The molecule has 0 saturated carbocycles. The van der Waals surface area contributed by atoms with E-state index in [0.29, 0.717) is 6.04 Å². The first-order valence-electron chi connectivity index (χ1n) is 5.99. The quantitative estimate of drug-likeness (QED) is 0.741. The molecule has 0 spiro atoms. The number of pyridine rings is 1. The lowest BCUT2D eigenvalue weighted by atomic mass is 10.1. The zero-order chi connectivity index (χ0) is 10.9. The normalized spacial score (nSPS) is 10.9. The van der Waals surface area contributed by atoms with Crippen molar-refractivity contribution in [1.82, 2.24) is 10.3 Å². The minimum atomic E-state index is 0.674. The lowest BCUT2D eigenvalue weighted by Gasteiger charge is -2.17. The molecule has 0 radical (unpaired) electrons. The summed E-state index contributed by atoms with van der Waals surface area (Å²) in [6.45, 7) is 5.46. The predicted molar refractivity (Wildman–Crippen MR) is 64.7 cm³/mol. The molecule has 1 N–H and O–H groups in total. The van der Waals surface area contributed by atoms with E-state index in [-0.39, 0.29) is 0 Å². The number of rotatable bonds is 7. The Kier molecular flexibility index (Phi) is 6.02. The average Bonchev–Trinajstić information content (AvgIpc) is 2.28. The molecular formula is C13H22N2. The van der Waals surface area contributed by atoms with Crippen LogP contribution in [0.2, 0.25) is 0 Å². The molecule has 1 rings (SSSR count). The molecule has 0 fully saturated rings. The fourth-order valence-electron chi connectivity index (χ4n) is 1.81. The number of hydrogen-bond acceptors (Lipinski definition) is 2. The van der Waals surface area contributed by atoms with E-state index in [0.717, 1.165) is 6.54 Å². The molecule has 1 heterocycles. The Hall–Kier alpha value is -0.890. The molecular weight excluding hydrogens is 184 g/mol. The zero-order valence-electron chi connectivity index (χ0n) is 9.87. The van der Waals surface area contributed by atoms with Gasteiger partial charge in [0.05, 0.1) is 0 Å². The summed E-state index contributed by atoms with van der Waals surface area (Å²) >= 11 is 0. The molecule has 15 heavy (non-hydrogen) atoms. The fourth-order valence-corrected chi connectivity index (χ4v) is 1.81. The molecule has 1 aromatic heterocycles. The monoisotopic (exact) mass is 206 g/mol. The van der Waals surface area contributed by atoms with Crippen molar-refractivity contribution in [2.75, 3.05) is 0 Å².